The summed E-state index contributed by atoms with van der Waals surface area (Å²) < 4.78 is 179. The van der Waals surface area contributed by atoms with E-state index in [0.29, 0.717) is 0 Å². The molecule has 2 aliphatic carbocycles. The van der Waals surface area contributed by atoms with Crippen molar-refractivity contribution in [3.63, 3.8) is 0 Å². The van der Waals surface area contributed by atoms with Gasteiger partial charge in [0, 0.05) is 17.2 Å². The van der Waals surface area contributed by atoms with Gasteiger partial charge in [-0.15, -0.1) is 0 Å². The fourth-order valence-electron chi connectivity index (χ4n) is 3.54. The molecule has 0 amide bonds. The number of ketones is 1. The van der Waals surface area contributed by atoms with E-state index in [2.05, 4.69) is 0 Å². The zero-order chi connectivity index (χ0) is 24.9. The van der Waals surface area contributed by atoms with Gasteiger partial charge in [-0.1, -0.05) is 0 Å². The van der Waals surface area contributed by atoms with Crippen LogP contribution in [0.1, 0.15) is 17.5 Å². The average Bonchev–Trinajstić information content (AvgIpc) is 2.65. The van der Waals surface area contributed by atoms with Gasteiger partial charge in [-0.05, 0) is 24.5 Å². The van der Waals surface area contributed by atoms with E-state index in [4.69, 9.17) is 0 Å². The Kier molecular flexibility index (Phi) is 4.76. The number of carbonyl (C=O) groups excluding carboxylic acids is 1. The summed E-state index contributed by atoms with van der Waals surface area (Å²) in [7, 11) is 0. The highest BCUT2D eigenvalue weighted by molar-refractivity contribution is 6.09. The van der Waals surface area contributed by atoms with E-state index in [9.17, 15) is 67.0 Å². The molecule has 15 heteroatoms. The van der Waals surface area contributed by atoms with Crippen molar-refractivity contribution in [1.82, 2.24) is 0 Å². The van der Waals surface area contributed by atoms with Crippen molar-refractivity contribution in [2.24, 2.45) is 0 Å². The minimum Gasteiger partial charge on any atom is -0.507 e. The van der Waals surface area contributed by atoms with Crippen LogP contribution in [0.25, 0.3) is 5.76 Å². The third kappa shape index (κ3) is 2.36. The molecule has 1 N–H and O–H groups in total. The Morgan fingerprint density at radius 3 is 1.62 bits per heavy atom. The molecule has 178 valence electrons. The molecule has 0 saturated heterocycles. The van der Waals surface area contributed by atoms with E-state index in [1.165, 1.54) is 0 Å². The summed E-state index contributed by atoms with van der Waals surface area (Å²) in [4.78, 5) is 12.2. The maximum atomic E-state index is 14.9. The summed E-state index contributed by atoms with van der Waals surface area (Å²) >= 11 is 0. The van der Waals surface area contributed by atoms with Gasteiger partial charge in [0.05, 0.1) is 0 Å². The van der Waals surface area contributed by atoms with Crippen LogP contribution in [0, 0.1) is 11.6 Å². The predicted molar refractivity (Wildman–Crippen MR) is 77.8 cm³/mol. The van der Waals surface area contributed by atoms with E-state index in [0.717, 1.165) is 0 Å². The summed E-state index contributed by atoms with van der Waals surface area (Å²) in [5, 5.41) is 9.93. The molecule has 2 nitrogen and oxygen atoms in total. The van der Waals surface area contributed by atoms with Crippen LogP contribution in [-0.4, -0.2) is 46.2 Å². The number of carbonyl (C=O) groups is 1. The Balaban J connectivity index is 2.31. The molecule has 1 fully saturated rings. The standard InChI is InChI=1S/C17H7F13O2/c18-5-3-8-6(9(19)4-5)1-2-7(10(8)31)11(32)12(20)13(21,22)15(25,26)17(29,30)16(27,28)14(12,23)24/h3-4,31H,1-2H2. The van der Waals surface area contributed by atoms with Crippen LogP contribution in [0.5, 0.6) is 0 Å². The molecule has 1 aromatic carbocycles. The predicted octanol–water partition coefficient (Wildman–Crippen LogP) is 5.65. The number of allylic oxidation sites excluding steroid dienone is 1. The molecule has 0 unspecified atom stereocenters. The Hall–Kier alpha value is -2.48. The molecule has 1 aromatic rings. The summed E-state index contributed by atoms with van der Waals surface area (Å²) in [6.45, 7) is 0. The topological polar surface area (TPSA) is 37.3 Å². The number of rotatable bonds is 2. The lowest BCUT2D eigenvalue weighted by Gasteiger charge is -2.51. The molecule has 0 atom stereocenters. The second kappa shape index (κ2) is 6.31. The van der Waals surface area contributed by atoms with Gasteiger partial charge in [0.25, 0.3) is 0 Å². The first kappa shape index (κ1) is 24.2. The number of fused-ring (bicyclic) bond motifs is 1. The molecule has 0 radical (unpaired) electrons. The van der Waals surface area contributed by atoms with Gasteiger partial charge in [0.2, 0.25) is 5.78 Å². The lowest BCUT2D eigenvalue weighted by molar-refractivity contribution is -0.475. The molecule has 3 rings (SSSR count). The molecule has 2 aliphatic rings. The first-order chi connectivity index (χ1) is 14.2. The number of halogens is 13. The first-order valence-corrected chi connectivity index (χ1v) is 8.25. The van der Waals surface area contributed by atoms with Crippen LogP contribution in [-0.2, 0) is 11.2 Å². The van der Waals surface area contributed by atoms with Crippen molar-refractivity contribution >= 4 is 11.5 Å². The largest absolute Gasteiger partial charge is 0.507 e. The van der Waals surface area contributed by atoms with Gasteiger partial charge in [-0.25, -0.2) is 13.2 Å². The van der Waals surface area contributed by atoms with Crippen molar-refractivity contribution in [3.8, 4) is 0 Å². The number of alkyl halides is 11. The zero-order valence-corrected chi connectivity index (χ0v) is 14.8. The van der Waals surface area contributed by atoms with Crippen LogP contribution in [0.15, 0.2) is 17.7 Å². The van der Waals surface area contributed by atoms with Crippen LogP contribution < -0.4 is 0 Å². The van der Waals surface area contributed by atoms with Gasteiger partial charge in [-0.2, -0.15) is 43.9 Å². The quantitative estimate of drug-likeness (QED) is 0.545. The molecule has 32 heavy (non-hydrogen) atoms. The van der Waals surface area contributed by atoms with Crippen LogP contribution >= 0.6 is 0 Å². The van der Waals surface area contributed by atoms with Crippen LogP contribution in [0.2, 0.25) is 0 Å². The second-order valence-corrected chi connectivity index (χ2v) is 7.10. The Morgan fingerprint density at radius 2 is 1.16 bits per heavy atom. The lowest BCUT2D eigenvalue weighted by atomic mass is 9.68. The number of hydrogen-bond acceptors (Lipinski definition) is 2. The minimum atomic E-state index is -7.51. The van der Waals surface area contributed by atoms with Crippen LogP contribution in [0.4, 0.5) is 57.1 Å². The van der Waals surface area contributed by atoms with Gasteiger partial charge in [0.15, 0.2) is 0 Å². The maximum absolute atomic E-state index is 14.9. The van der Waals surface area contributed by atoms with Crippen molar-refractivity contribution in [2.45, 2.75) is 48.1 Å². The van der Waals surface area contributed by atoms with E-state index in [1.807, 2.05) is 0 Å². The molecule has 0 bridgehead atoms. The summed E-state index contributed by atoms with van der Waals surface area (Å²) in [6.07, 6.45) is -2.26. The normalized spacial score (nSPS) is 26.4. The smallest absolute Gasteiger partial charge is 0.384 e. The number of benzene rings is 1. The highest BCUT2D eigenvalue weighted by Gasteiger charge is 3.02. The highest BCUT2D eigenvalue weighted by atomic mass is 19.4. The summed E-state index contributed by atoms with van der Waals surface area (Å²) in [5.74, 6) is -45.7. The monoisotopic (exact) mass is 490 g/mol. The molecule has 0 aliphatic heterocycles. The highest BCUT2D eigenvalue weighted by Crippen LogP contribution is 2.70. The van der Waals surface area contributed by atoms with E-state index in [-0.39, 0.29) is 12.1 Å². The van der Waals surface area contributed by atoms with Gasteiger partial charge in [-0.3, -0.25) is 4.79 Å². The Labute approximate surface area is 168 Å². The lowest BCUT2D eigenvalue weighted by Crippen LogP contribution is -2.85. The fourth-order valence-corrected chi connectivity index (χ4v) is 3.54. The Morgan fingerprint density at radius 1 is 0.719 bits per heavy atom. The molecular weight excluding hydrogens is 483 g/mol. The SMILES string of the molecule is O=C(C1=C(O)c2cc(F)cc(F)c2CC1)C1(F)C(F)(F)C(F)(F)C(F)(F)C(F)(F)C1(F)F. The third-order valence-electron chi connectivity index (χ3n) is 5.36. The van der Waals surface area contributed by atoms with Crippen molar-refractivity contribution in [2.75, 3.05) is 0 Å². The first-order valence-electron chi connectivity index (χ1n) is 8.25. The molecule has 1 saturated carbocycles. The number of Topliss-reactive ketones (excluding diaryl/α,β-unsaturated/α-hetero) is 1. The minimum absolute atomic E-state index is 0.222. The van der Waals surface area contributed by atoms with Gasteiger partial charge >= 0.3 is 35.3 Å². The fraction of sp³-hybridized carbons (Fsp3) is 0.471. The van der Waals surface area contributed by atoms with Crippen molar-refractivity contribution < 1.29 is 67.0 Å². The van der Waals surface area contributed by atoms with Gasteiger partial charge < -0.3 is 5.11 Å². The average molecular weight is 490 g/mol. The van der Waals surface area contributed by atoms with Gasteiger partial charge in [0.1, 0.15) is 17.4 Å². The number of hydrogen-bond donors (Lipinski definition) is 1. The Bertz CT molecular complexity index is 1010. The zero-order valence-electron chi connectivity index (χ0n) is 14.8. The maximum Gasteiger partial charge on any atom is 0.384 e. The van der Waals surface area contributed by atoms with E-state index in [1.54, 1.807) is 0 Å². The third-order valence-corrected chi connectivity index (χ3v) is 5.36. The van der Waals surface area contributed by atoms with Crippen LogP contribution in [0.3, 0.4) is 0 Å². The molecule has 0 aromatic heterocycles. The van der Waals surface area contributed by atoms with E-state index >= 15 is 0 Å². The summed E-state index contributed by atoms with van der Waals surface area (Å²) in [6, 6.07) is 0.460. The van der Waals surface area contributed by atoms with Crippen molar-refractivity contribution in [1.29, 1.82) is 0 Å². The number of aliphatic hydroxyl groups is 1. The van der Waals surface area contributed by atoms with E-state index < -0.39 is 88.0 Å². The molecule has 0 spiro atoms. The summed E-state index contributed by atoms with van der Waals surface area (Å²) in [5.41, 5.74) is -10.7. The molecule has 0 heterocycles. The number of aliphatic hydroxyl groups excluding tert-OH is 1. The second-order valence-electron chi connectivity index (χ2n) is 7.10. The van der Waals surface area contributed by atoms with Crippen molar-refractivity contribution in [3.05, 3.63) is 40.5 Å². The molecular formula is C17H7F13O2.